The molecule has 0 aromatic rings. The Labute approximate surface area is 478 Å². The van der Waals surface area contributed by atoms with E-state index in [1.807, 2.05) is 4.90 Å². The SMILES string of the molecule is CC1(N(CC=O)CC(=O)O)CN(CC=O)CCN([C@H](CCCCNOCCC[C@H](NCOCCOCNCCCC[C@@H](N)C(N)=O)C(=O)NCCCC[C@H](C(=O)O)N2CCN(CC(=O)O)CC(C)(N(CC(=O)O)CC(=O)O)C2)C(=O)O)C1. The third kappa shape index (κ3) is 29.2. The van der Waals surface area contributed by atoms with Gasteiger partial charge in [0.25, 0.3) is 0 Å². The molecule has 0 spiro atoms. The van der Waals surface area contributed by atoms with Gasteiger partial charge in [-0.15, -0.1) is 0 Å². The second kappa shape index (κ2) is 40.0. The highest BCUT2D eigenvalue weighted by atomic mass is 16.6. The van der Waals surface area contributed by atoms with Crippen LogP contribution in [0.25, 0.3) is 0 Å². The van der Waals surface area contributed by atoms with E-state index in [1.165, 1.54) is 14.7 Å². The van der Waals surface area contributed by atoms with Crippen molar-refractivity contribution in [2.75, 3.05) is 145 Å². The molecule has 0 aliphatic carbocycles. The molecular formula is C51H92N12O19. The Bertz CT molecular complexity index is 1980. The quantitative estimate of drug-likeness (QED) is 0.0120. The first-order chi connectivity index (χ1) is 38.9. The Morgan fingerprint density at radius 3 is 1.67 bits per heavy atom. The predicted octanol–water partition coefficient (Wildman–Crippen LogP) is -3.78. The first kappa shape index (κ1) is 72.7. The van der Waals surface area contributed by atoms with E-state index in [1.54, 1.807) is 23.6 Å². The summed E-state index contributed by atoms with van der Waals surface area (Å²) in [5, 5.41) is 68.2. The first-order valence-corrected chi connectivity index (χ1v) is 27.8. The van der Waals surface area contributed by atoms with E-state index in [2.05, 4.69) is 21.4 Å². The minimum atomic E-state index is -1.31. The molecule has 0 bridgehead atoms. The third-order valence-corrected chi connectivity index (χ3v) is 14.4. The summed E-state index contributed by atoms with van der Waals surface area (Å²) in [5.41, 5.74) is 11.5. The number of carboxylic acid groups (broad SMARTS) is 6. The van der Waals surface area contributed by atoms with Gasteiger partial charge in [-0.05, 0) is 84.6 Å². The van der Waals surface area contributed by atoms with Gasteiger partial charge >= 0.3 is 35.8 Å². The number of rotatable bonds is 48. The van der Waals surface area contributed by atoms with Gasteiger partial charge in [0.2, 0.25) is 11.8 Å². The van der Waals surface area contributed by atoms with E-state index in [9.17, 15) is 78.6 Å². The van der Waals surface area contributed by atoms with Crippen molar-refractivity contribution in [1.82, 2.24) is 50.8 Å². The number of ether oxygens (including phenoxy) is 2. The number of carbonyl (C=O) groups is 10. The Morgan fingerprint density at radius 1 is 0.598 bits per heavy atom. The second-order valence-corrected chi connectivity index (χ2v) is 21.3. The maximum atomic E-state index is 13.6. The van der Waals surface area contributed by atoms with Crippen LogP contribution < -0.4 is 32.9 Å². The molecule has 2 aliphatic heterocycles. The van der Waals surface area contributed by atoms with Gasteiger partial charge in [0.15, 0.2) is 0 Å². The lowest BCUT2D eigenvalue weighted by atomic mass is 9.96. The number of nitrogens with two attached hydrogens (primary N) is 2. The molecule has 0 radical (unpaired) electrons. The topological polar surface area (TPSA) is 439 Å². The fraction of sp³-hybridized carbons (Fsp3) is 0.804. The molecule has 470 valence electrons. The molecule has 82 heavy (non-hydrogen) atoms. The zero-order valence-electron chi connectivity index (χ0n) is 47.6. The van der Waals surface area contributed by atoms with Crippen LogP contribution >= 0.6 is 0 Å². The summed E-state index contributed by atoms with van der Waals surface area (Å²) in [5.74, 6) is -8.04. The molecule has 0 saturated carbocycles. The normalized spacial score (nSPS) is 20.1. The number of carboxylic acids is 6. The maximum absolute atomic E-state index is 13.6. The summed E-state index contributed by atoms with van der Waals surface area (Å²) >= 11 is 0. The fourth-order valence-corrected chi connectivity index (χ4v) is 10.2. The molecule has 2 aliphatic rings. The number of hydrogen-bond donors (Lipinski definition) is 12. The van der Waals surface area contributed by atoms with Crippen LogP contribution in [0.4, 0.5) is 0 Å². The van der Waals surface area contributed by atoms with Crippen molar-refractivity contribution in [3.8, 4) is 0 Å². The number of amides is 2. The van der Waals surface area contributed by atoms with E-state index in [-0.39, 0.29) is 111 Å². The van der Waals surface area contributed by atoms with Crippen molar-refractivity contribution in [3.05, 3.63) is 0 Å². The van der Waals surface area contributed by atoms with Gasteiger partial charge in [-0.1, -0.05) is 6.42 Å². The van der Waals surface area contributed by atoms with Crippen LogP contribution in [0, 0.1) is 0 Å². The summed E-state index contributed by atoms with van der Waals surface area (Å²) in [6.45, 7) is 4.34. The number of hydroxylamine groups is 1. The smallest absolute Gasteiger partial charge is 0.320 e. The van der Waals surface area contributed by atoms with Gasteiger partial charge in [0.1, 0.15) is 24.7 Å². The van der Waals surface area contributed by atoms with Crippen molar-refractivity contribution in [2.45, 2.75) is 120 Å². The molecule has 0 aromatic carbocycles. The number of nitrogens with zero attached hydrogens (tertiary/aromatic N) is 6. The molecule has 6 atom stereocenters. The van der Waals surface area contributed by atoms with E-state index in [0.29, 0.717) is 77.4 Å². The minimum Gasteiger partial charge on any atom is -0.480 e. The summed E-state index contributed by atoms with van der Waals surface area (Å²) in [6, 6.07) is -3.43. The van der Waals surface area contributed by atoms with E-state index >= 15 is 0 Å². The van der Waals surface area contributed by atoms with Crippen LogP contribution in [-0.2, 0) is 62.3 Å². The van der Waals surface area contributed by atoms with E-state index in [0.717, 1.165) is 19.1 Å². The minimum absolute atomic E-state index is 0.00621. The van der Waals surface area contributed by atoms with Gasteiger partial charge in [0.05, 0.1) is 84.6 Å². The Kier molecular flexibility index (Phi) is 35.4. The zero-order valence-corrected chi connectivity index (χ0v) is 47.6. The molecule has 31 nitrogen and oxygen atoms in total. The van der Waals surface area contributed by atoms with Crippen LogP contribution in [0.1, 0.15) is 84.5 Å². The summed E-state index contributed by atoms with van der Waals surface area (Å²) in [6.07, 6.45) is 6.13. The number of aldehydes is 2. The monoisotopic (exact) mass is 1180 g/mol. The number of primary amides is 1. The molecule has 0 aromatic heterocycles. The average molecular weight is 1180 g/mol. The van der Waals surface area contributed by atoms with Crippen molar-refractivity contribution in [1.29, 1.82) is 0 Å². The van der Waals surface area contributed by atoms with Gasteiger partial charge < -0.3 is 71.3 Å². The molecule has 2 fully saturated rings. The van der Waals surface area contributed by atoms with Crippen LogP contribution in [0.3, 0.4) is 0 Å². The summed E-state index contributed by atoms with van der Waals surface area (Å²) in [7, 11) is 0. The Balaban J connectivity index is 1.99. The highest BCUT2D eigenvalue weighted by Gasteiger charge is 2.44. The average Bonchev–Trinajstić information content (AvgIpc) is 3.92. The lowest BCUT2D eigenvalue weighted by Gasteiger charge is -2.43. The molecular weight excluding hydrogens is 1080 g/mol. The number of hydrogen-bond acceptors (Lipinski definition) is 23. The number of unbranched alkanes of at least 4 members (excludes halogenated alkanes) is 3. The van der Waals surface area contributed by atoms with Crippen LogP contribution in [0.15, 0.2) is 0 Å². The van der Waals surface area contributed by atoms with E-state index in [4.69, 9.17) is 25.8 Å². The van der Waals surface area contributed by atoms with Gasteiger partial charge in [0, 0.05) is 76.5 Å². The van der Waals surface area contributed by atoms with Crippen molar-refractivity contribution in [2.24, 2.45) is 11.5 Å². The lowest BCUT2D eigenvalue weighted by molar-refractivity contribution is -0.149. The Morgan fingerprint density at radius 2 is 1.12 bits per heavy atom. The number of nitrogens with one attached hydrogen (secondary N) is 4. The highest BCUT2D eigenvalue weighted by molar-refractivity contribution is 5.81. The molecule has 2 saturated heterocycles. The molecule has 31 heteroatoms. The van der Waals surface area contributed by atoms with Gasteiger partial charge in [-0.25, -0.2) is 5.48 Å². The van der Waals surface area contributed by atoms with Crippen LogP contribution in [-0.4, -0.2) is 300 Å². The predicted molar refractivity (Wildman–Crippen MR) is 293 cm³/mol. The van der Waals surface area contributed by atoms with Gasteiger partial charge in [-0.3, -0.25) is 78.4 Å². The number of carbonyl (C=O) groups excluding carboxylic acids is 4. The standard InChI is InChI=1S/C51H92N12O19/c1-50(62(22-24-65)29-43(68)69)32-58(21-23-64)17-19-60(34-50)41(49(78)79)13-5-8-16-57-82-25-9-11-39(56-37-81-27-26-80-36-54-14-6-3-10-38(52)46(53)74)47(75)55-15-7-4-12-40(48(76)77)61-20-18-59(28-42(66)67)33-51(2,35-61)63(30-44(70)71)31-45(72)73/h23-24,38-41,54,56-57H,3-22,25-37,52H2,1-2H3,(H2,53,74)(H,55,75)(H,66,67)(H,68,69)(H,70,71)(H,72,73)(H,76,77)(H,78,79)/t38-,39+,40-,41-,50?,51?/m1/s1. The van der Waals surface area contributed by atoms with Crippen LogP contribution in [0.5, 0.6) is 0 Å². The Hall–Kier alpha value is -5.42. The molecule has 14 N–H and O–H groups in total. The van der Waals surface area contributed by atoms with Gasteiger partial charge in [-0.2, -0.15) is 0 Å². The molecule has 2 unspecified atom stereocenters. The van der Waals surface area contributed by atoms with Crippen molar-refractivity contribution >= 4 is 60.2 Å². The largest absolute Gasteiger partial charge is 0.480 e. The molecule has 2 rings (SSSR count). The summed E-state index contributed by atoms with van der Waals surface area (Å²) < 4.78 is 11.2. The molecule has 2 heterocycles. The fourth-order valence-electron chi connectivity index (χ4n) is 10.2. The first-order valence-electron chi connectivity index (χ1n) is 27.8. The lowest BCUT2D eigenvalue weighted by Crippen LogP contribution is -2.61. The maximum Gasteiger partial charge on any atom is 0.320 e. The van der Waals surface area contributed by atoms with Crippen molar-refractivity contribution in [3.63, 3.8) is 0 Å². The van der Waals surface area contributed by atoms with Crippen LogP contribution in [0.2, 0.25) is 0 Å². The third-order valence-electron chi connectivity index (χ3n) is 14.4. The zero-order chi connectivity index (χ0) is 61.1. The summed E-state index contributed by atoms with van der Waals surface area (Å²) in [4.78, 5) is 135. The van der Waals surface area contributed by atoms with Crippen molar-refractivity contribution < 1.29 is 92.9 Å². The second-order valence-electron chi connectivity index (χ2n) is 21.3. The van der Waals surface area contributed by atoms with E-state index < -0.39 is 103 Å². The molecule has 2 amide bonds. The number of aliphatic carboxylic acids is 6. The highest BCUT2D eigenvalue weighted by Crippen LogP contribution is 2.26.